The zero-order valence-electron chi connectivity index (χ0n) is 6.72. The highest BCUT2D eigenvalue weighted by atomic mass is 35.5. The number of rotatable bonds is 1. The van der Waals surface area contributed by atoms with E-state index in [1.54, 1.807) is 18.2 Å². The van der Waals surface area contributed by atoms with E-state index >= 15 is 0 Å². The molecule has 1 N–H and O–H groups in total. The lowest BCUT2D eigenvalue weighted by Gasteiger charge is -1.92. The van der Waals surface area contributed by atoms with E-state index in [9.17, 15) is 8.42 Å². The molecule has 0 saturated carbocycles. The third-order valence-electron chi connectivity index (χ3n) is 1.04. The highest BCUT2D eigenvalue weighted by Crippen LogP contribution is 2.05. The van der Waals surface area contributed by atoms with Gasteiger partial charge in [-0.1, -0.05) is 36.4 Å². The lowest BCUT2D eigenvalue weighted by molar-refractivity contribution is 0.483. The van der Waals surface area contributed by atoms with Crippen molar-refractivity contribution in [3.05, 3.63) is 42.4 Å². The van der Waals surface area contributed by atoms with E-state index < -0.39 is 10.1 Å². The summed E-state index contributed by atoms with van der Waals surface area (Å²) in [5, 5.41) is 0. The molecule has 0 fully saturated rings. The first-order valence-electron chi connectivity index (χ1n) is 3.26. The fourth-order valence-electron chi connectivity index (χ4n) is 0.592. The second-order valence-electron chi connectivity index (χ2n) is 1.94. The van der Waals surface area contributed by atoms with Crippen LogP contribution in [0, 0.1) is 0 Å². The van der Waals surface area contributed by atoms with Crippen LogP contribution in [0.1, 0.15) is 0 Å². The molecule has 0 aliphatic carbocycles. The topological polar surface area (TPSA) is 54.4 Å². The van der Waals surface area contributed by atoms with Crippen LogP contribution in [0.3, 0.4) is 0 Å². The Bertz CT molecular complexity index is 345. The standard InChI is InChI=1S/C6H6O3S.C2H3Cl/c7-10(8,9)6-4-2-1-3-5-6;1-2-3/h1-5H,(H,7,8,9);2H,1H2. The van der Waals surface area contributed by atoms with Crippen LogP contribution in [-0.2, 0) is 10.1 Å². The maximum Gasteiger partial charge on any atom is 0.294 e. The highest BCUT2D eigenvalue weighted by Gasteiger charge is 2.05. The largest absolute Gasteiger partial charge is 0.294 e. The Morgan fingerprint density at radius 1 is 1.31 bits per heavy atom. The third kappa shape index (κ3) is 5.41. The molecule has 0 radical (unpaired) electrons. The van der Waals surface area contributed by atoms with Gasteiger partial charge in [-0.15, -0.1) is 0 Å². The van der Waals surface area contributed by atoms with Gasteiger partial charge in [0.25, 0.3) is 10.1 Å². The molecule has 5 heteroatoms. The van der Waals surface area contributed by atoms with E-state index in [1.165, 1.54) is 17.7 Å². The van der Waals surface area contributed by atoms with Crippen LogP contribution in [0.4, 0.5) is 0 Å². The van der Waals surface area contributed by atoms with Gasteiger partial charge in [-0.3, -0.25) is 4.55 Å². The molecule has 0 amide bonds. The van der Waals surface area contributed by atoms with Crippen molar-refractivity contribution in [2.75, 3.05) is 0 Å². The Kier molecular flexibility index (Phi) is 5.37. The molecule has 13 heavy (non-hydrogen) atoms. The molecule has 3 nitrogen and oxygen atoms in total. The molecule has 0 atom stereocenters. The number of hydrogen-bond acceptors (Lipinski definition) is 2. The van der Waals surface area contributed by atoms with Crippen LogP contribution < -0.4 is 0 Å². The first-order valence-corrected chi connectivity index (χ1v) is 5.13. The maximum atomic E-state index is 10.4. The average Bonchev–Trinajstić information content (AvgIpc) is 2.06. The Morgan fingerprint density at radius 3 is 1.92 bits per heavy atom. The van der Waals surface area contributed by atoms with Gasteiger partial charge in [-0.05, 0) is 17.7 Å². The van der Waals surface area contributed by atoms with E-state index in [4.69, 9.17) is 16.2 Å². The van der Waals surface area contributed by atoms with Gasteiger partial charge >= 0.3 is 0 Å². The van der Waals surface area contributed by atoms with E-state index in [1.807, 2.05) is 0 Å². The summed E-state index contributed by atoms with van der Waals surface area (Å²) in [5.41, 5.74) is 1.22. The van der Waals surface area contributed by atoms with Gasteiger partial charge in [-0.2, -0.15) is 8.42 Å². The molecule has 0 spiro atoms. The minimum Gasteiger partial charge on any atom is -0.282 e. The van der Waals surface area contributed by atoms with Gasteiger partial charge in [0.1, 0.15) is 0 Å². The fourth-order valence-corrected chi connectivity index (χ4v) is 1.09. The summed E-state index contributed by atoms with van der Waals surface area (Å²) < 4.78 is 29.2. The van der Waals surface area contributed by atoms with Crippen LogP contribution in [0.2, 0.25) is 0 Å². The minimum absolute atomic E-state index is 0.0741. The molecule has 0 heterocycles. The monoisotopic (exact) mass is 220 g/mol. The van der Waals surface area contributed by atoms with Crippen LogP contribution >= 0.6 is 11.6 Å². The number of halogens is 1. The maximum absolute atomic E-state index is 10.4. The molecule has 0 aromatic heterocycles. The molecule has 72 valence electrons. The number of hydrogen-bond donors (Lipinski definition) is 1. The summed E-state index contributed by atoms with van der Waals surface area (Å²) >= 11 is 4.76. The van der Waals surface area contributed by atoms with E-state index in [-0.39, 0.29) is 4.90 Å². The summed E-state index contributed by atoms with van der Waals surface area (Å²) in [4.78, 5) is -0.0741. The average molecular weight is 221 g/mol. The Balaban J connectivity index is 0.000000424. The molecule has 0 aliphatic rings. The van der Waals surface area contributed by atoms with Gasteiger partial charge in [0.2, 0.25) is 0 Å². The molecule has 0 bridgehead atoms. The highest BCUT2D eigenvalue weighted by molar-refractivity contribution is 7.85. The van der Waals surface area contributed by atoms with Gasteiger partial charge < -0.3 is 0 Å². The second-order valence-corrected chi connectivity index (χ2v) is 3.67. The van der Waals surface area contributed by atoms with Gasteiger partial charge in [-0.25, -0.2) is 0 Å². The van der Waals surface area contributed by atoms with Gasteiger partial charge in [0.15, 0.2) is 0 Å². The number of benzene rings is 1. The van der Waals surface area contributed by atoms with Crippen molar-refractivity contribution in [2.45, 2.75) is 4.90 Å². The summed E-state index contributed by atoms with van der Waals surface area (Å²) in [6.45, 7) is 3.13. The lowest BCUT2D eigenvalue weighted by atomic mass is 10.4. The van der Waals surface area contributed by atoms with Gasteiger partial charge in [0, 0.05) is 0 Å². The SMILES string of the molecule is C=CCl.O=S(=O)(O)c1ccccc1. The zero-order chi connectivity index (χ0) is 10.3. The van der Waals surface area contributed by atoms with Crippen molar-refractivity contribution in [3.8, 4) is 0 Å². The predicted octanol–water partition coefficient (Wildman–Crippen LogP) is 2.30. The summed E-state index contributed by atoms with van der Waals surface area (Å²) in [6, 6.07) is 7.42. The predicted molar refractivity (Wildman–Crippen MR) is 52.3 cm³/mol. The molecule has 1 aromatic rings. The Hall–Kier alpha value is -0.840. The molecule has 0 saturated heterocycles. The first kappa shape index (κ1) is 12.2. The van der Waals surface area contributed by atoms with Crippen molar-refractivity contribution in [1.29, 1.82) is 0 Å². The van der Waals surface area contributed by atoms with Crippen molar-refractivity contribution >= 4 is 21.7 Å². The minimum atomic E-state index is -4.00. The fraction of sp³-hybridized carbons (Fsp3) is 0. The van der Waals surface area contributed by atoms with Gasteiger partial charge in [0.05, 0.1) is 4.90 Å². The normalized spacial score (nSPS) is 9.69. The van der Waals surface area contributed by atoms with Crippen LogP contribution in [-0.4, -0.2) is 13.0 Å². The summed E-state index contributed by atoms with van der Waals surface area (Å²) in [7, 11) is -4.00. The molecule has 0 unspecified atom stereocenters. The van der Waals surface area contributed by atoms with Crippen molar-refractivity contribution in [1.82, 2.24) is 0 Å². The zero-order valence-corrected chi connectivity index (χ0v) is 8.29. The molecule has 1 aromatic carbocycles. The Labute approximate surface area is 82.4 Å². The van der Waals surface area contributed by atoms with Crippen LogP contribution in [0.5, 0.6) is 0 Å². The van der Waals surface area contributed by atoms with Crippen molar-refractivity contribution in [3.63, 3.8) is 0 Å². The van der Waals surface area contributed by atoms with E-state index in [0.717, 1.165) is 0 Å². The summed E-state index contributed by atoms with van der Waals surface area (Å²) in [5.74, 6) is 0. The summed E-state index contributed by atoms with van der Waals surface area (Å²) in [6.07, 6.45) is 0. The van der Waals surface area contributed by atoms with Crippen molar-refractivity contribution < 1.29 is 13.0 Å². The molecule has 1 rings (SSSR count). The first-order chi connectivity index (χ1) is 6.02. The van der Waals surface area contributed by atoms with Crippen LogP contribution in [0.25, 0.3) is 0 Å². The molecular weight excluding hydrogens is 212 g/mol. The van der Waals surface area contributed by atoms with Crippen molar-refractivity contribution in [2.24, 2.45) is 0 Å². The van der Waals surface area contributed by atoms with E-state index in [2.05, 4.69) is 6.58 Å². The second kappa shape index (κ2) is 5.75. The quantitative estimate of drug-likeness (QED) is 0.739. The smallest absolute Gasteiger partial charge is 0.282 e. The third-order valence-corrected chi connectivity index (χ3v) is 1.91. The Morgan fingerprint density at radius 2 is 1.69 bits per heavy atom. The molecular formula is C8H9ClO3S. The van der Waals surface area contributed by atoms with E-state index in [0.29, 0.717) is 0 Å². The lowest BCUT2D eigenvalue weighted by Crippen LogP contribution is -1.96. The van der Waals surface area contributed by atoms with Crippen LogP contribution in [0.15, 0.2) is 47.3 Å². The molecule has 0 aliphatic heterocycles.